The molecule has 2 aromatic rings. The zero-order chi connectivity index (χ0) is 13.1. The lowest BCUT2D eigenvalue weighted by Crippen LogP contribution is -2.45. The van der Waals surface area contributed by atoms with E-state index in [9.17, 15) is 5.11 Å². The first-order valence-electron chi connectivity index (χ1n) is 7.07. The van der Waals surface area contributed by atoms with E-state index in [2.05, 4.69) is 41.8 Å². The molecule has 100 valence electrons. The molecule has 19 heavy (non-hydrogen) atoms. The Morgan fingerprint density at radius 2 is 1.89 bits per heavy atom. The van der Waals surface area contributed by atoms with Crippen LogP contribution in [0.5, 0.6) is 0 Å². The number of hydrogen-bond donors (Lipinski definition) is 1. The van der Waals surface area contributed by atoms with Gasteiger partial charge in [-0.3, -0.25) is 0 Å². The summed E-state index contributed by atoms with van der Waals surface area (Å²) in [5.41, 5.74) is 1.35. The summed E-state index contributed by atoms with van der Waals surface area (Å²) in [5, 5.41) is 12.8. The SMILES string of the molecule is OC(CCc1cccs1)C1(c2ccccc2)CCC1. The Labute approximate surface area is 118 Å². The third kappa shape index (κ3) is 2.47. The molecule has 1 aliphatic rings. The first-order valence-corrected chi connectivity index (χ1v) is 7.95. The second-order valence-electron chi connectivity index (χ2n) is 5.51. The number of aryl methyl sites for hydroxylation is 1. The molecule has 1 aromatic heterocycles. The van der Waals surface area contributed by atoms with E-state index in [1.165, 1.54) is 16.9 Å². The molecule has 1 fully saturated rings. The lowest BCUT2D eigenvalue weighted by atomic mass is 9.60. The molecule has 1 N–H and O–H groups in total. The maximum absolute atomic E-state index is 10.7. The van der Waals surface area contributed by atoms with Gasteiger partial charge in [-0.05, 0) is 42.7 Å². The van der Waals surface area contributed by atoms with E-state index < -0.39 is 0 Å². The van der Waals surface area contributed by atoms with E-state index in [1.54, 1.807) is 11.3 Å². The summed E-state index contributed by atoms with van der Waals surface area (Å²) < 4.78 is 0. The van der Waals surface area contributed by atoms with Gasteiger partial charge in [0.05, 0.1) is 6.10 Å². The third-order valence-electron chi connectivity index (χ3n) is 4.48. The molecular formula is C17H20OS. The largest absolute Gasteiger partial charge is 0.392 e. The van der Waals surface area contributed by atoms with Crippen molar-refractivity contribution in [1.82, 2.24) is 0 Å². The van der Waals surface area contributed by atoms with Crippen LogP contribution in [0.15, 0.2) is 47.8 Å². The number of hydrogen-bond acceptors (Lipinski definition) is 2. The Morgan fingerprint density at radius 1 is 1.11 bits per heavy atom. The minimum absolute atomic E-state index is 0.0263. The number of aliphatic hydroxyl groups is 1. The van der Waals surface area contributed by atoms with Crippen LogP contribution in [-0.2, 0) is 11.8 Å². The lowest BCUT2D eigenvalue weighted by Gasteiger charge is -2.46. The molecule has 1 nitrogen and oxygen atoms in total. The van der Waals surface area contributed by atoms with E-state index >= 15 is 0 Å². The van der Waals surface area contributed by atoms with Gasteiger partial charge in [-0.1, -0.05) is 42.8 Å². The van der Waals surface area contributed by atoms with E-state index in [0.29, 0.717) is 0 Å². The first-order chi connectivity index (χ1) is 9.31. The molecule has 0 bridgehead atoms. The Bertz CT molecular complexity index is 499. The third-order valence-corrected chi connectivity index (χ3v) is 5.41. The molecule has 3 rings (SSSR count). The molecular weight excluding hydrogens is 252 g/mol. The maximum Gasteiger partial charge on any atom is 0.0640 e. The summed E-state index contributed by atoms with van der Waals surface area (Å²) in [7, 11) is 0. The standard InChI is InChI=1S/C17H20OS/c18-16(10-9-15-8-4-13-19-15)17(11-5-12-17)14-6-2-1-3-7-14/h1-4,6-8,13,16,18H,5,9-12H2. The minimum Gasteiger partial charge on any atom is -0.392 e. The Morgan fingerprint density at radius 3 is 2.47 bits per heavy atom. The van der Waals surface area contributed by atoms with E-state index in [4.69, 9.17) is 0 Å². The van der Waals surface area contributed by atoms with Gasteiger partial charge in [-0.15, -0.1) is 11.3 Å². The van der Waals surface area contributed by atoms with Gasteiger partial charge in [0.25, 0.3) is 0 Å². The average Bonchev–Trinajstić information content (AvgIpc) is 2.89. The number of thiophene rings is 1. The maximum atomic E-state index is 10.7. The van der Waals surface area contributed by atoms with E-state index in [-0.39, 0.29) is 11.5 Å². The Hall–Kier alpha value is -1.12. The van der Waals surface area contributed by atoms with E-state index in [1.807, 2.05) is 6.07 Å². The van der Waals surface area contributed by atoms with Crippen molar-refractivity contribution >= 4 is 11.3 Å². The fraction of sp³-hybridized carbons (Fsp3) is 0.412. The molecule has 1 saturated carbocycles. The predicted octanol–water partition coefficient (Wildman–Crippen LogP) is 4.16. The Kier molecular flexibility index (Phi) is 3.72. The van der Waals surface area contributed by atoms with Gasteiger partial charge in [0.15, 0.2) is 0 Å². The van der Waals surface area contributed by atoms with Gasteiger partial charge in [0, 0.05) is 10.3 Å². The van der Waals surface area contributed by atoms with Crippen LogP contribution < -0.4 is 0 Å². The molecule has 0 amide bonds. The van der Waals surface area contributed by atoms with Crippen molar-refractivity contribution in [3.63, 3.8) is 0 Å². The highest BCUT2D eigenvalue weighted by Gasteiger charge is 2.44. The number of aliphatic hydroxyl groups excluding tert-OH is 1. The second kappa shape index (κ2) is 5.48. The van der Waals surface area contributed by atoms with Crippen LogP contribution >= 0.6 is 11.3 Å². The molecule has 1 atom stereocenters. The quantitative estimate of drug-likeness (QED) is 0.866. The molecule has 0 spiro atoms. The van der Waals surface area contributed by atoms with Crippen LogP contribution in [0.4, 0.5) is 0 Å². The minimum atomic E-state index is -0.217. The van der Waals surface area contributed by atoms with Gasteiger partial charge in [-0.25, -0.2) is 0 Å². The highest BCUT2D eigenvalue weighted by Crippen LogP contribution is 2.47. The van der Waals surface area contributed by atoms with Gasteiger partial charge in [0.2, 0.25) is 0 Å². The fourth-order valence-electron chi connectivity index (χ4n) is 3.15. The molecule has 2 heteroatoms. The van der Waals surface area contributed by atoms with Crippen LogP contribution in [0.3, 0.4) is 0 Å². The van der Waals surface area contributed by atoms with Crippen molar-refractivity contribution in [2.24, 2.45) is 0 Å². The first kappa shape index (κ1) is 12.9. The zero-order valence-corrected chi connectivity index (χ0v) is 11.9. The molecule has 1 heterocycles. The topological polar surface area (TPSA) is 20.2 Å². The highest BCUT2D eigenvalue weighted by atomic mass is 32.1. The fourth-order valence-corrected chi connectivity index (χ4v) is 3.88. The second-order valence-corrected chi connectivity index (χ2v) is 6.54. The van der Waals surface area contributed by atoms with Crippen molar-refractivity contribution in [3.8, 4) is 0 Å². The van der Waals surface area contributed by atoms with Gasteiger partial charge >= 0.3 is 0 Å². The van der Waals surface area contributed by atoms with Crippen LogP contribution in [0.2, 0.25) is 0 Å². The number of rotatable bonds is 5. The summed E-state index contributed by atoms with van der Waals surface area (Å²) in [4.78, 5) is 1.38. The van der Waals surface area contributed by atoms with Crippen LogP contribution in [0.25, 0.3) is 0 Å². The normalized spacial score (nSPS) is 18.8. The molecule has 0 saturated heterocycles. The molecule has 0 aliphatic heterocycles. The predicted molar refractivity (Wildman–Crippen MR) is 80.6 cm³/mol. The molecule has 1 aromatic carbocycles. The summed E-state index contributed by atoms with van der Waals surface area (Å²) >= 11 is 1.79. The van der Waals surface area contributed by atoms with Crippen molar-refractivity contribution in [2.75, 3.05) is 0 Å². The van der Waals surface area contributed by atoms with Gasteiger partial charge < -0.3 is 5.11 Å². The van der Waals surface area contributed by atoms with Crippen molar-refractivity contribution in [1.29, 1.82) is 0 Å². The molecule has 1 unspecified atom stereocenters. The van der Waals surface area contributed by atoms with Crippen LogP contribution in [-0.4, -0.2) is 11.2 Å². The smallest absolute Gasteiger partial charge is 0.0640 e. The summed E-state index contributed by atoms with van der Waals surface area (Å²) in [6, 6.07) is 14.8. The van der Waals surface area contributed by atoms with Crippen LogP contribution in [0.1, 0.15) is 36.1 Å². The Balaban J connectivity index is 1.71. The summed E-state index contributed by atoms with van der Waals surface area (Å²) in [5.74, 6) is 0. The number of benzene rings is 1. The average molecular weight is 272 g/mol. The highest BCUT2D eigenvalue weighted by molar-refractivity contribution is 7.09. The van der Waals surface area contributed by atoms with E-state index in [0.717, 1.165) is 25.7 Å². The van der Waals surface area contributed by atoms with Gasteiger partial charge in [0.1, 0.15) is 0 Å². The van der Waals surface area contributed by atoms with Gasteiger partial charge in [-0.2, -0.15) is 0 Å². The van der Waals surface area contributed by atoms with Crippen molar-refractivity contribution in [3.05, 3.63) is 58.3 Å². The zero-order valence-electron chi connectivity index (χ0n) is 11.1. The summed E-state index contributed by atoms with van der Waals surface area (Å²) in [6.07, 6.45) is 5.14. The lowest BCUT2D eigenvalue weighted by molar-refractivity contribution is 0.0226. The van der Waals surface area contributed by atoms with Crippen LogP contribution in [0, 0.1) is 0 Å². The summed E-state index contributed by atoms with van der Waals surface area (Å²) in [6.45, 7) is 0. The molecule has 1 aliphatic carbocycles. The van der Waals surface area contributed by atoms with Crippen molar-refractivity contribution in [2.45, 2.75) is 43.6 Å². The monoisotopic (exact) mass is 272 g/mol. The molecule has 0 radical (unpaired) electrons. The van der Waals surface area contributed by atoms with Crippen molar-refractivity contribution < 1.29 is 5.11 Å².